The summed E-state index contributed by atoms with van der Waals surface area (Å²) in [4.78, 5) is 9.56. The highest BCUT2D eigenvalue weighted by atomic mass is 17.2. The topological polar surface area (TPSA) is 123 Å². The SMILES string of the molecule is OCC(CO)(CO)NCCCNC1(CO)COOC1. The lowest BCUT2D eigenvalue weighted by Crippen LogP contribution is -2.56. The molecule has 0 atom stereocenters. The van der Waals surface area contributed by atoms with Gasteiger partial charge in [0.2, 0.25) is 0 Å². The van der Waals surface area contributed by atoms with E-state index in [9.17, 15) is 5.11 Å². The second-order valence-corrected chi connectivity index (χ2v) is 4.92. The maximum Gasteiger partial charge on any atom is 0.105 e. The Morgan fingerprint density at radius 3 is 2.00 bits per heavy atom. The first-order valence-electron chi connectivity index (χ1n) is 6.34. The van der Waals surface area contributed by atoms with Crippen LogP contribution in [0.5, 0.6) is 0 Å². The quantitative estimate of drug-likeness (QED) is 0.184. The maximum absolute atomic E-state index is 9.28. The fraction of sp³-hybridized carbons (Fsp3) is 1.00. The molecule has 0 unspecified atom stereocenters. The maximum atomic E-state index is 9.28. The summed E-state index contributed by atoms with van der Waals surface area (Å²) in [5.41, 5.74) is -1.60. The Morgan fingerprint density at radius 2 is 1.53 bits per heavy atom. The van der Waals surface area contributed by atoms with E-state index in [1.165, 1.54) is 0 Å². The number of hydrogen-bond donors (Lipinski definition) is 6. The van der Waals surface area contributed by atoms with Crippen LogP contribution in [-0.4, -0.2) is 84.2 Å². The second-order valence-electron chi connectivity index (χ2n) is 4.92. The smallest absolute Gasteiger partial charge is 0.105 e. The molecule has 0 aliphatic carbocycles. The predicted octanol–water partition coefficient (Wildman–Crippen LogP) is -3.04. The van der Waals surface area contributed by atoms with Gasteiger partial charge in [-0.3, -0.25) is 0 Å². The third-order valence-electron chi connectivity index (χ3n) is 3.32. The van der Waals surface area contributed by atoms with Gasteiger partial charge in [0.15, 0.2) is 0 Å². The van der Waals surface area contributed by atoms with Gasteiger partial charge < -0.3 is 31.1 Å². The van der Waals surface area contributed by atoms with Gasteiger partial charge in [-0.25, -0.2) is 9.78 Å². The molecule has 0 radical (unpaired) electrons. The Kier molecular flexibility index (Phi) is 7.11. The van der Waals surface area contributed by atoms with Crippen molar-refractivity contribution in [2.24, 2.45) is 0 Å². The summed E-state index contributed by atoms with van der Waals surface area (Å²) < 4.78 is 0. The normalized spacial score (nSPS) is 18.9. The van der Waals surface area contributed by atoms with Crippen LogP contribution in [0.2, 0.25) is 0 Å². The fourth-order valence-electron chi connectivity index (χ4n) is 1.71. The van der Waals surface area contributed by atoms with E-state index in [0.29, 0.717) is 32.7 Å². The first-order valence-corrected chi connectivity index (χ1v) is 6.34. The summed E-state index contributed by atoms with van der Waals surface area (Å²) in [6.07, 6.45) is 0.698. The fourth-order valence-corrected chi connectivity index (χ4v) is 1.71. The minimum atomic E-state index is -1.05. The van der Waals surface area contributed by atoms with E-state index >= 15 is 0 Å². The minimum Gasteiger partial charge on any atom is -0.394 e. The number of nitrogens with one attached hydrogen (secondary N) is 2. The van der Waals surface area contributed by atoms with E-state index < -0.39 is 11.1 Å². The third-order valence-corrected chi connectivity index (χ3v) is 3.32. The van der Waals surface area contributed by atoms with Crippen LogP contribution in [0.4, 0.5) is 0 Å². The van der Waals surface area contributed by atoms with Crippen molar-refractivity contribution >= 4 is 0 Å². The summed E-state index contributed by atoms with van der Waals surface area (Å²) in [5, 5.41) is 42.7. The van der Waals surface area contributed by atoms with Crippen molar-refractivity contribution < 1.29 is 30.2 Å². The van der Waals surface area contributed by atoms with Gasteiger partial charge in [0.25, 0.3) is 0 Å². The van der Waals surface area contributed by atoms with Crippen molar-refractivity contribution in [2.45, 2.75) is 17.5 Å². The molecular weight excluding hydrogens is 256 g/mol. The van der Waals surface area contributed by atoms with Crippen LogP contribution in [0.15, 0.2) is 0 Å². The van der Waals surface area contributed by atoms with Crippen molar-refractivity contribution in [1.29, 1.82) is 0 Å². The second kappa shape index (κ2) is 8.08. The molecule has 8 nitrogen and oxygen atoms in total. The summed E-state index contributed by atoms with van der Waals surface area (Å²) in [5.74, 6) is 0. The first kappa shape index (κ1) is 16.7. The molecular formula is C11H24N2O6. The van der Waals surface area contributed by atoms with Crippen molar-refractivity contribution in [3.8, 4) is 0 Å². The van der Waals surface area contributed by atoms with E-state index in [0.717, 1.165) is 0 Å². The molecule has 0 amide bonds. The molecule has 8 heteroatoms. The highest BCUT2D eigenvalue weighted by molar-refractivity contribution is 4.89. The van der Waals surface area contributed by atoms with E-state index in [1.54, 1.807) is 0 Å². The zero-order chi connectivity index (χ0) is 14.2. The molecule has 1 aliphatic rings. The molecule has 1 fully saturated rings. The standard InChI is InChI=1S/C11H24N2O6/c14-4-10(5-15,6-16)12-2-1-3-13-11(7-17)8-18-19-9-11/h12-17H,1-9H2. The van der Waals surface area contributed by atoms with Gasteiger partial charge in [-0.05, 0) is 19.5 Å². The van der Waals surface area contributed by atoms with Crippen LogP contribution >= 0.6 is 0 Å². The molecule has 0 spiro atoms. The van der Waals surface area contributed by atoms with Gasteiger partial charge in [0, 0.05) is 0 Å². The van der Waals surface area contributed by atoms with E-state index in [4.69, 9.17) is 25.1 Å². The van der Waals surface area contributed by atoms with Crippen LogP contribution in [-0.2, 0) is 9.78 Å². The predicted molar refractivity (Wildman–Crippen MR) is 66.3 cm³/mol. The summed E-state index contributed by atoms with van der Waals surface area (Å²) in [7, 11) is 0. The zero-order valence-corrected chi connectivity index (χ0v) is 11.0. The zero-order valence-electron chi connectivity index (χ0n) is 11.0. The van der Waals surface area contributed by atoms with Crippen LogP contribution in [0.25, 0.3) is 0 Å². The third kappa shape index (κ3) is 4.62. The van der Waals surface area contributed by atoms with Crippen LogP contribution in [0.3, 0.4) is 0 Å². The largest absolute Gasteiger partial charge is 0.394 e. The van der Waals surface area contributed by atoms with Crippen molar-refractivity contribution in [1.82, 2.24) is 10.6 Å². The van der Waals surface area contributed by atoms with Crippen LogP contribution < -0.4 is 10.6 Å². The van der Waals surface area contributed by atoms with Gasteiger partial charge >= 0.3 is 0 Å². The molecule has 0 bridgehead atoms. The van der Waals surface area contributed by atoms with Gasteiger partial charge in [-0.1, -0.05) is 0 Å². The summed E-state index contributed by atoms with van der Waals surface area (Å²) >= 11 is 0. The molecule has 6 N–H and O–H groups in total. The highest BCUT2D eigenvalue weighted by Gasteiger charge is 2.35. The Morgan fingerprint density at radius 1 is 0.947 bits per heavy atom. The van der Waals surface area contributed by atoms with Crippen LogP contribution in [0, 0.1) is 0 Å². The monoisotopic (exact) mass is 280 g/mol. The van der Waals surface area contributed by atoms with Crippen molar-refractivity contribution in [3.63, 3.8) is 0 Å². The average Bonchev–Trinajstić information content (AvgIpc) is 2.93. The van der Waals surface area contributed by atoms with Gasteiger partial charge in [0.05, 0.1) is 37.5 Å². The Hall–Kier alpha value is -0.320. The summed E-state index contributed by atoms with van der Waals surface area (Å²) in [6.45, 7) is 0.626. The van der Waals surface area contributed by atoms with Gasteiger partial charge in [-0.2, -0.15) is 0 Å². The first-order chi connectivity index (χ1) is 9.16. The molecule has 1 saturated heterocycles. The molecule has 0 saturated carbocycles. The lowest BCUT2D eigenvalue weighted by molar-refractivity contribution is -0.248. The molecule has 19 heavy (non-hydrogen) atoms. The summed E-state index contributed by atoms with van der Waals surface area (Å²) in [6, 6.07) is 0. The number of hydrogen-bond acceptors (Lipinski definition) is 8. The van der Waals surface area contributed by atoms with E-state index in [-0.39, 0.29) is 26.4 Å². The van der Waals surface area contributed by atoms with E-state index in [2.05, 4.69) is 10.6 Å². The Labute approximate surface area is 112 Å². The van der Waals surface area contributed by atoms with Crippen LogP contribution in [0.1, 0.15) is 6.42 Å². The van der Waals surface area contributed by atoms with E-state index in [1.807, 2.05) is 0 Å². The van der Waals surface area contributed by atoms with Gasteiger partial charge in [-0.15, -0.1) is 0 Å². The molecule has 114 valence electrons. The Balaban J connectivity index is 2.20. The lowest BCUT2D eigenvalue weighted by atomic mass is 10.0. The van der Waals surface area contributed by atoms with Crippen molar-refractivity contribution in [3.05, 3.63) is 0 Å². The molecule has 1 aliphatic heterocycles. The molecule has 0 aromatic rings. The van der Waals surface area contributed by atoms with Gasteiger partial charge in [0.1, 0.15) is 13.2 Å². The highest BCUT2D eigenvalue weighted by Crippen LogP contribution is 2.13. The minimum absolute atomic E-state index is 0.0751. The lowest BCUT2D eigenvalue weighted by Gasteiger charge is -2.29. The Bertz CT molecular complexity index is 225. The number of aliphatic hydroxyl groups is 4. The molecule has 0 aromatic heterocycles. The average molecular weight is 280 g/mol. The molecule has 1 rings (SSSR count). The molecule has 1 heterocycles. The number of rotatable bonds is 10. The number of aliphatic hydroxyl groups excluding tert-OH is 4. The molecule has 0 aromatic carbocycles. The van der Waals surface area contributed by atoms with Crippen molar-refractivity contribution in [2.75, 3.05) is 52.7 Å².